The van der Waals surface area contributed by atoms with Crippen LogP contribution in [0.4, 0.5) is 13.2 Å². The molecule has 0 spiro atoms. The van der Waals surface area contributed by atoms with Crippen molar-refractivity contribution >= 4 is 23.2 Å². The minimum atomic E-state index is -5.08. The topological polar surface area (TPSA) is 78.7 Å². The second-order valence-electron chi connectivity index (χ2n) is 7.21. The quantitative estimate of drug-likeness (QED) is 0.809. The molecule has 0 aromatic carbocycles. The lowest BCUT2D eigenvalue weighted by molar-refractivity contribution is -0.192. The number of carbonyl (C=O) groups excluding carboxylic acids is 1. The van der Waals surface area contributed by atoms with Crippen LogP contribution in [0.5, 0.6) is 0 Å². The zero-order chi connectivity index (χ0) is 21.2. The van der Waals surface area contributed by atoms with E-state index in [1.54, 1.807) is 5.51 Å². The Labute approximate surface area is 169 Å². The molecule has 0 saturated carbocycles. The average Bonchev–Trinajstić information content (AvgIpc) is 3.39. The van der Waals surface area contributed by atoms with Gasteiger partial charge in [-0.15, -0.1) is 11.3 Å². The monoisotopic (exact) mass is 430 g/mol. The molecule has 2 aromatic rings. The van der Waals surface area contributed by atoms with Crippen molar-refractivity contribution in [2.75, 3.05) is 26.2 Å². The van der Waals surface area contributed by atoms with Crippen molar-refractivity contribution in [3.63, 3.8) is 0 Å². The van der Waals surface area contributed by atoms with E-state index in [2.05, 4.69) is 39.8 Å². The number of carboxylic acids is 1. The van der Waals surface area contributed by atoms with Crippen LogP contribution >= 0.6 is 11.3 Å². The van der Waals surface area contributed by atoms with Crippen LogP contribution in [0, 0.1) is 11.8 Å². The van der Waals surface area contributed by atoms with Crippen molar-refractivity contribution < 1.29 is 27.9 Å². The predicted molar refractivity (Wildman–Crippen MR) is 99.4 cm³/mol. The molecule has 29 heavy (non-hydrogen) atoms. The van der Waals surface area contributed by atoms with E-state index in [1.165, 1.54) is 17.0 Å². The molecular weight excluding hydrogens is 409 g/mol. The van der Waals surface area contributed by atoms with Gasteiger partial charge in [0.2, 0.25) is 0 Å². The summed E-state index contributed by atoms with van der Waals surface area (Å²) in [5.74, 6) is -1.43. The third-order valence-electron chi connectivity index (χ3n) is 5.18. The summed E-state index contributed by atoms with van der Waals surface area (Å²) in [6, 6.07) is 4.28. The third-order valence-corrected chi connectivity index (χ3v) is 5.77. The maximum atomic E-state index is 12.4. The van der Waals surface area contributed by atoms with Crippen LogP contribution in [0.25, 0.3) is 0 Å². The molecule has 2 aromatic heterocycles. The second-order valence-corrected chi connectivity index (χ2v) is 7.93. The van der Waals surface area contributed by atoms with Crippen LogP contribution in [-0.4, -0.2) is 68.7 Å². The van der Waals surface area contributed by atoms with Crippen molar-refractivity contribution in [3.8, 4) is 0 Å². The van der Waals surface area contributed by atoms with Gasteiger partial charge >= 0.3 is 12.1 Å². The van der Waals surface area contributed by atoms with E-state index in [0.717, 1.165) is 32.7 Å². The predicted octanol–water partition coefficient (Wildman–Crippen LogP) is 2.32. The number of hydrogen-bond donors (Lipinski definition) is 1. The van der Waals surface area contributed by atoms with E-state index >= 15 is 0 Å². The molecule has 1 amide bonds. The Morgan fingerprint density at radius 1 is 1.24 bits per heavy atom. The van der Waals surface area contributed by atoms with E-state index < -0.39 is 12.1 Å². The summed E-state index contributed by atoms with van der Waals surface area (Å²) in [4.78, 5) is 29.9. The lowest BCUT2D eigenvalue weighted by Crippen LogP contribution is -2.33. The summed E-state index contributed by atoms with van der Waals surface area (Å²) in [6.07, 6.45) is -2.99. The fourth-order valence-electron chi connectivity index (χ4n) is 3.76. The molecule has 0 aliphatic carbocycles. The number of likely N-dealkylation sites (tertiary alicyclic amines) is 2. The number of fused-ring (bicyclic) bond motifs is 1. The van der Waals surface area contributed by atoms with E-state index in [1.807, 2.05) is 10.3 Å². The second kappa shape index (κ2) is 8.54. The van der Waals surface area contributed by atoms with Gasteiger partial charge < -0.3 is 14.6 Å². The Balaban J connectivity index is 0.000000298. The number of carboxylic acid groups (broad SMARTS) is 1. The Hall–Kier alpha value is -2.40. The lowest BCUT2D eigenvalue weighted by Gasteiger charge is -2.21. The highest BCUT2D eigenvalue weighted by Crippen LogP contribution is 2.32. The third kappa shape index (κ3) is 5.15. The van der Waals surface area contributed by atoms with Crippen LogP contribution in [0.1, 0.15) is 16.2 Å². The van der Waals surface area contributed by atoms with Gasteiger partial charge in [-0.2, -0.15) is 13.2 Å². The molecule has 158 valence electrons. The minimum absolute atomic E-state index is 0.102. The van der Waals surface area contributed by atoms with E-state index in [-0.39, 0.29) is 5.91 Å². The highest BCUT2D eigenvalue weighted by molar-refractivity contribution is 7.07. The summed E-state index contributed by atoms with van der Waals surface area (Å²) in [7, 11) is 2.10. The molecule has 2 aliphatic rings. The maximum absolute atomic E-state index is 12.4. The first-order chi connectivity index (χ1) is 13.6. The van der Waals surface area contributed by atoms with Crippen LogP contribution in [0.2, 0.25) is 0 Å². The van der Waals surface area contributed by atoms with Crippen molar-refractivity contribution in [2.45, 2.75) is 12.7 Å². The molecule has 0 unspecified atom stereocenters. The standard InChI is InChI=1S/C16H20N4OS.C2HF3O2/c1-18-4-2-3-14(18)9-19-5-12-7-20(8-13(12)6-19)16(21)15-10-22-11-17-15;3-2(4,5)1(6)7/h2-4,10-13H,5-9H2,1H3;(H,6,7)/t12-,13+;. The van der Waals surface area contributed by atoms with Crippen molar-refractivity contribution in [1.29, 1.82) is 0 Å². The zero-order valence-electron chi connectivity index (χ0n) is 15.7. The van der Waals surface area contributed by atoms with Crippen molar-refractivity contribution in [2.24, 2.45) is 18.9 Å². The number of aromatic nitrogens is 2. The van der Waals surface area contributed by atoms with Gasteiger partial charge in [-0.25, -0.2) is 9.78 Å². The fraction of sp³-hybridized carbons (Fsp3) is 0.500. The van der Waals surface area contributed by atoms with Gasteiger partial charge in [0, 0.05) is 57.0 Å². The average molecular weight is 430 g/mol. The number of rotatable bonds is 3. The van der Waals surface area contributed by atoms with Gasteiger partial charge in [0.05, 0.1) is 5.51 Å². The molecule has 4 rings (SSSR count). The largest absolute Gasteiger partial charge is 0.490 e. The smallest absolute Gasteiger partial charge is 0.475 e. The summed E-state index contributed by atoms with van der Waals surface area (Å²) in [5, 5.41) is 8.97. The van der Waals surface area contributed by atoms with E-state index in [9.17, 15) is 18.0 Å². The molecule has 4 heterocycles. The Morgan fingerprint density at radius 2 is 1.86 bits per heavy atom. The van der Waals surface area contributed by atoms with Gasteiger partial charge in [-0.1, -0.05) is 0 Å². The van der Waals surface area contributed by atoms with Gasteiger partial charge in [0.1, 0.15) is 5.69 Å². The minimum Gasteiger partial charge on any atom is -0.475 e. The SMILES string of the molecule is Cn1cccc1CN1C[C@@H]2CN(C(=O)c3cscn3)C[C@@H]2C1.O=C(O)C(F)(F)F. The molecule has 1 N–H and O–H groups in total. The molecule has 11 heteroatoms. The number of hydrogen-bond acceptors (Lipinski definition) is 5. The molecule has 2 aliphatic heterocycles. The first-order valence-electron chi connectivity index (χ1n) is 8.95. The Kier molecular flexibility index (Phi) is 6.27. The van der Waals surface area contributed by atoms with Crippen molar-refractivity contribution in [1.82, 2.24) is 19.4 Å². The highest BCUT2D eigenvalue weighted by Gasteiger charge is 2.42. The van der Waals surface area contributed by atoms with Crippen LogP contribution < -0.4 is 0 Å². The summed E-state index contributed by atoms with van der Waals surface area (Å²) in [6.45, 7) is 4.96. The van der Waals surface area contributed by atoms with Gasteiger partial charge in [0.15, 0.2) is 0 Å². The summed E-state index contributed by atoms with van der Waals surface area (Å²) >= 11 is 1.48. The fourth-order valence-corrected chi connectivity index (χ4v) is 4.28. The Morgan fingerprint density at radius 3 is 2.31 bits per heavy atom. The summed E-state index contributed by atoms with van der Waals surface area (Å²) < 4.78 is 33.9. The van der Waals surface area contributed by atoms with Crippen molar-refractivity contribution in [3.05, 3.63) is 40.6 Å². The molecule has 0 radical (unpaired) electrons. The van der Waals surface area contributed by atoms with Crippen LogP contribution in [0.3, 0.4) is 0 Å². The highest BCUT2D eigenvalue weighted by atomic mass is 32.1. The number of thiazole rings is 1. The number of carbonyl (C=O) groups is 2. The van der Waals surface area contributed by atoms with Gasteiger partial charge in [-0.05, 0) is 24.0 Å². The maximum Gasteiger partial charge on any atom is 0.490 e. The van der Waals surface area contributed by atoms with Gasteiger partial charge in [-0.3, -0.25) is 9.69 Å². The number of aryl methyl sites for hydroxylation is 1. The van der Waals surface area contributed by atoms with Crippen LogP contribution in [0.15, 0.2) is 29.2 Å². The zero-order valence-corrected chi connectivity index (χ0v) is 16.5. The molecule has 2 saturated heterocycles. The van der Waals surface area contributed by atoms with E-state index in [4.69, 9.17) is 9.90 Å². The molecule has 2 atom stereocenters. The summed E-state index contributed by atoms with van der Waals surface area (Å²) in [5.41, 5.74) is 3.69. The first kappa shape index (κ1) is 21.3. The number of nitrogens with zero attached hydrogens (tertiary/aromatic N) is 4. The molecular formula is C18H21F3N4O3S. The molecule has 2 fully saturated rings. The normalized spacial score (nSPS) is 21.6. The lowest BCUT2D eigenvalue weighted by atomic mass is 10.0. The number of amides is 1. The van der Waals surface area contributed by atoms with E-state index in [0.29, 0.717) is 17.5 Å². The molecule has 7 nitrogen and oxygen atoms in total. The first-order valence-corrected chi connectivity index (χ1v) is 9.89. The Bertz CT molecular complexity index is 839. The number of aliphatic carboxylic acids is 1. The van der Waals surface area contributed by atoms with Crippen LogP contribution in [-0.2, 0) is 18.4 Å². The number of alkyl halides is 3. The molecule has 0 bridgehead atoms. The van der Waals surface area contributed by atoms with Gasteiger partial charge in [0.25, 0.3) is 5.91 Å². The number of halogens is 3.